The molecule has 0 radical (unpaired) electrons. The van der Waals surface area contributed by atoms with Crippen LogP contribution in [0.25, 0.3) is 0 Å². The largest absolute Gasteiger partial charge is 0.491 e. The monoisotopic (exact) mass is 485 g/mol. The molecule has 1 heterocycles. The standard InChI is InChI=1S/C24H28FN3O5Si/c1-32-14-15-5-7-16(8-6-15)23(27-21(29)12-18-13-22(30)28-33-18)24(31)26-17-9-10-20(19(25)11-17)34(2,3)4/h5-11,13,23H,12,14H2,1-4H3,(H,26,31)(H,27,29)(H,28,30). The highest BCUT2D eigenvalue weighted by atomic mass is 28.3. The molecule has 1 unspecified atom stereocenters. The smallest absolute Gasteiger partial charge is 0.251 e. The molecular formula is C24H28FN3O5Si. The van der Waals surface area contributed by atoms with E-state index in [1.54, 1.807) is 43.5 Å². The molecule has 0 aliphatic heterocycles. The van der Waals surface area contributed by atoms with Crippen LogP contribution in [0, 0.1) is 5.82 Å². The SMILES string of the molecule is COCc1ccc(C(NC(=O)Cc2cc(O)no2)C(=O)Nc2ccc([Si](C)(C)C)c(F)c2)cc1. The number of hydrogen-bond donors (Lipinski definition) is 3. The number of benzene rings is 2. The van der Waals surface area contributed by atoms with Crippen LogP contribution in [0.1, 0.15) is 22.9 Å². The zero-order valence-corrected chi connectivity index (χ0v) is 20.5. The highest BCUT2D eigenvalue weighted by Crippen LogP contribution is 2.20. The molecule has 34 heavy (non-hydrogen) atoms. The number of rotatable bonds is 9. The second kappa shape index (κ2) is 10.6. The molecule has 0 saturated carbocycles. The maximum Gasteiger partial charge on any atom is 0.251 e. The summed E-state index contributed by atoms with van der Waals surface area (Å²) in [5.74, 6) is -1.61. The second-order valence-electron chi connectivity index (χ2n) is 8.94. The Morgan fingerprint density at radius 2 is 1.85 bits per heavy atom. The first-order chi connectivity index (χ1) is 16.1. The number of amides is 2. The van der Waals surface area contributed by atoms with Crippen molar-refractivity contribution in [2.45, 2.75) is 38.7 Å². The van der Waals surface area contributed by atoms with Crippen LogP contribution in [-0.4, -0.2) is 37.3 Å². The molecule has 0 bridgehead atoms. The number of nitrogens with zero attached hydrogens (tertiary/aromatic N) is 1. The van der Waals surface area contributed by atoms with Crippen LogP contribution in [0.5, 0.6) is 5.88 Å². The Bertz CT molecular complexity index is 1160. The Kier molecular flexibility index (Phi) is 7.85. The van der Waals surface area contributed by atoms with Gasteiger partial charge in [0.15, 0.2) is 0 Å². The zero-order chi connectivity index (χ0) is 24.9. The number of anilines is 1. The molecule has 2 amide bonds. The zero-order valence-electron chi connectivity index (χ0n) is 19.5. The van der Waals surface area contributed by atoms with Crippen molar-refractivity contribution in [3.8, 4) is 5.88 Å². The predicted molar refractivity (Wildman–Crippen MR) is 128 cm³/mol. The molecular weight excluding hydrogens is 457 g/mol. The lowest BCUT2D eigenvalue weighted by Gasteiger charge is -2.21. The quantitative estimate of drug-likeness (QED) is 0.401. The maximum atomic E-state index is 14.7. The van der Waals surface area contributed by atoms with Gasteiger partial charge >= 0.3 is 0 Å². The number of aromatic nitrogens is 1. The highest BCUT2D eigenvalue weighted by molar-refractivity contribution is 6.88. The average molecular weight is 486 g/mol. The Labute approximate surface area is 198 Å². The van der Waals surface area contributed by atoms with E-state index in [-0.39, 0.29) is 23.9 Å². The van der Waals surface area contributed by atoms with Crippen LogP contribution in [0.15, 0.2) is 53.1 Å². The van der Waals surface area contributed by atoms with Crippen LogP contribution in [-0.2, 0) is 27.4 Å². The van der Waals surface area contributed by atoms with Gasteiger partial charge < -0.3 is 25.0 Å². The van der Waals surface area contributed by atoms with E-state index in [4.69, 9.17) is 9.26 Å². The van der Waals surface area contributed by atoms with Crippen LogP contribution in [0.3, 0.4) is 0 Å². The molecule has 10 heteroatoms. The molecule has 3 rings (SSSR count). The Hall–Kier alpha value is -3.50. The lowest BCUT2D eigenvalue weighted by atomic mass is 10.0. The molecule has 0 aliphatic carbocycles. The molecule has 180 valence electrons. The number of methoxy groups -OCH3 is 1. The normalized spacial score (nSPS) is 12.3. The predicted octanol–water partition coefficient (Wildman–Crippen LogP) is 3.25. The van der Waals surface area contributed by atoms with E-state index in [9.17, 15) is 19.1 Å². The third-order valence-electron chi connectivity index (χ3n) is 5.12. The van der Waals surface area contributed by atoms with Crippen molar-refractivity contribution in [1.82, 2.24) is 10.5 Å². The average Bonchev–Trinajstić information content (AvgIpc) is 3.16. The van der Waals surface area contributed by atoms with Gasteiger partial charge in [0.25, 0.3) is 11.8 Å². The Morgan fingerprint density at radius 3 is 2.41 bits per heavy atom. The van der Waals surface area contributed by atoms with Crippen LogP contribution < -0.4 is 15.8 Å². The summed E-state index contributed by atoms with van der Waals surface area (Å²) in [6.07, 6.45) is -0.224. The molecule has 8 nitrogen and oxygen atoms in total. The fraction of sp³-hybridized carbons (Fsp3) is 0.292. The molecule has 0 aliphatic rings. The number of hydrogen-bond acceptors (Lipinski definition) is 6. The van der Waals surface area contributed by atoms with Gasteiger partial charge in [-0.05, 0) is 33.6 Å². The molecule has 0 fully saturated rings. The van der Waals surface area contributed by atoms with Gasteiger partial charge in [0.1, 0.15) is 17.6 Å². The molecule has 1 atom stereocenters. The van der Waals surface area contributed by atoms with E-state index in [1.165, 1.54) is 12.1 Å². The summed E-state index contributed by atoms with van der Waals surface area (Å²) < 4.78 is 24.6. The first-order valence-electron chi connectivity index (χ1n) is 10.7. The minimum Gasteiger partial charge on any atom is -0.491 e. The first-order valence-corrected chi connectivity index (χ1v) is 14.2. The van der Waals surface area contributed by atoms with Gasteiger partial charge in [0.05, 0.1) is 21.1 Å². The summed E-state index contributed by atoms with van der Waals surface area (Å²) in [5, 5.41) is 18.7. The third kappa shape index (κ3) is 6.52. The highest BCUT2D eigenvalue weighted by Gasteiger charge is 2.25. The van der Waals surface area contributed by atoms with Crippen molar-refractivity contribution in [1.29, 1.82) is 0 Å². The topological polar surface area (TPSA) is 114 Å². The van der Waals surface area contributed by atoms with Crippen molar-refractivity contribution in [2.24, 2.45) is 0 Å². The lowest BCUT2D eigenvalue weighted by molar-refractivity contribution is -0.126. The fourth-order valence-electron chi connectivity index (χ4n) is 3.44. The van der Waals surface area contributed by atoms with Crippen LogP contribution >= 0.6 is 0 Å². The second-order valence-corrected chi connectivity index (χ2v) is 14.0. The van der Waals surface area contributed by atoms with Crippen LogP contribution in [0.4, 0.5) is 10.1 Å². The van der Waals surface area contributed by atoms with Crippen molar-refractivity contribution in [3.05, 3.63) is 71.2 Å². The van der Waals surface area contributed by atoms with E-state index in [2.05, 4.69) is 15.8 Å². The summed E-state index contributed by atoms with van der Waals surface area (Å²) in [6, 6.07) is 11.8. The maximum absolute atomic E-state index is 14.7. The summed E-state index contributed by atoms with van der Waals surface area (Å²) in [7, 11) is -0.290. The van der Waals surface area contributed by atoms with Gasteiger partial charge in [0.2, 0.25) is 5.91 Å². The first kappa shape index (κ1) is 25.1. The lowest BCUT2D eigenvalue weighted by Crippen LogP contribution is -2.40. The van der Waals surface area contributed by atoms with Crippen molar-refractivity contribution < 1.29 is 28.3 Å². The van der Waals surface area contributed by atoms with Crippen molar-refractivity contribution in [2.75, 3.05) is 12.4 Å². The Morgan fingerprint density at radius 1 is 1.15 bits per heavy atom. The van der Waals surface area contributed by atoms with E-state index < -0.39 is 25.9 Å². The molecule has 1 aromatic heterocycles. The third-order valence-corrected chi connectivity index (χ3v) is 7.14. The van der Waals surface area contributed by atoms with E-state index in [0.717, 1.165) is 5.56 Å². The number of nitrogens with one attached hydrogen (secondary N) is 2. The van der Waals surface area contributed by atoms with Gasteiger partial charge in [-0.3, -0.25) is 9.59 Å². The summed E-state index contributed by atoms with van der Waals surface area (Å²) in [4.78, 5) is 25.8. The molecule has 0 spiro atoms. The van der Waals surface area contributed by atoms with Gasteiger partial charge in [-0.1, -0.05) is 50.0 Å². The minimum absolute atomic E-state index is 0.147. The molecule has 0 saturated heterocycles. The molecule has 3 aromatic rings. The van der Waals surface area contributed by atoms with Crippen molar-refractivity contribution in [3.63, 3.8) is 0 Å². The molecule has 2 aromatic carbocycles. The number of ether oxygens (including phenoxy) is 1. The number of aromatic hydroxyl groups is 1. The van der Waals surface area contributed by atoms with Gasteiger partial charge in [-0.2, -0.15) is 0 Å². The van der Waals surface area contributed by atoms with Gasteiger partial charge in [-0.25, -0.2) is 4.39 Å². The van der Waals surface area contributed by atoms with Crippen molar-refractivity contribution >= 4 is 30.8 Å². The van der Waals surface area contributed by atoms with Gasteiger partial charge in [0, 0.05) is 18.9 Å². The summed E-state index contributed by atoms with van der Waals surface area (Å²) in [5.41, 5.74) is 1.73. The molecule has 3 N–H and O–H groups in total. The number of carbonyl (C=O) groups is 2. The van der Waals surface area contributed by atoms with E-state index >= 15 is 0 Å². The summed E-state index contributed by atoms with van der Waals surface area (Å²) >= 11 is 0. The van der Waals surface area contributed by atoms with Crippen LogP contribution in [0.2, 0.25) is 19.6 Å². The van der Waals surface area contributed by atoms with E-state index in [1.807, 2.05) is 19.6 Å². The Balaban J connectivity index is 1.82. The number of carbonyl (C=O) groups excluding carboxylic acids is 2. The summed E-state index contributed by atoms with van der Waals surface area (Å²) in [6.45, 7) is 6.52. The minimum atomic E-state index is -1.87. The van der Waals surface area contributed by atoms with E-state index in [0.29, 0.717) is 23.0 Å². The fourth-order valence-corrected chi connectivity index (χ4v) is 4.82. The number of halogens is 1. The van der Waals surface area contributed by atoms with Gasteiger partial charge in [-0.15, -0.1) is 0 Å².